The predicted octanol–water partition coefficient (Wildman–Crippen LogP) is 2.11. The molecule has 2 rings (SSSR count). The summed E-state index contributed by atoms with van der Waals surface area (Å²) in [6.07, 6.45) is 1.17. The lowest BCUT2D eigenvalue weighted by molar-refractivity contribution is -0.172. The smallest absolute Gasteiger partial charge is 0.195 e. The Bertz CT molecular complexity index is 386. The van der Waals surface area contributed by atoms with Crippen molar-refractivity contribution < 1.29 is 19.0 Å². The van der Waals surface area contributed by atoms with Gasteiger partial charge in [-0.05, 0) is 31.0 Å². The molecule has 1 saturated heterocycles. The minimum absolute atomic E-state index is 0.0919. The lowest BCUT2D eigenvalue weighted by Crippen LogP contribution is -2.27. The number of aliphatic hydroxyl groups excluding tert-OH is 1. The average molecular weight is 240 g/mol. The van der Waals surface area contributed by atoms with E-state index in [9.17, 15) is 4.39 Å². The third kappa shape index (κ3) is 2.49. The van der Waals surface area contributed by atoms with Gasteiger partial charge in [-0.15, -0.1) is 0 Å². The summed E-state index contributed by atoms with van der Waals surface area (Å²) in [4.78, 5) is 0. The fourth-order valence-corrected chi connectivity index (χ4v) is 2.10. The van der Waals surface area contributed by atoms with E-state index < -0.39 is 5.79 Å². The Morgan fingerprint density at radius 1 is 1.35 bits per heavy atom. The zero-order valence-corrected chi connectivity index (χ0v) is 9.91. The summed E-state index contributed by atoms with van der Waals surface area (Å²) in [7, 11) is 0. The van der Waals surface area contributed by atoms with Gasteiger partial charge in [-0.25, -0.2) is 4.39 Å². The minimum atomic E-state index is -0.804. The predicted molar refractivity (Wildman–Crippen MR) is 61.0 cm³/mol. The summed E-state index contributed by atoms with van der Waals surface area (Å²) in [5, 5.41) is 8.92. The fraction of sp³-hybridized carbons (Fsp3) is 0.538. The molecule has 1 heterocycles. The van der Waals surface area contributed by atoms with Crippen LogP contribution in [0.3, 0.4) is 0 Å². The van der Waals surface area contributed by atoms with Crippen LogP contribution in [0.4, 0.5) is 4.39 Å². The highest BCUT2D eigenvalue weighted by Crippen LogP contribution is 2.36. The Morgan fingerprint density at radius 3 is 2.65 bits per heavy atom. The van der Waals surface area contributed by atoms with E-state index in [1.165, 1.54) is 6.07 Å². The first-order valence-corrected chi connectivity index (χ1v) is 5.83. The number of rotatable bonds is 4. The summed E-state index contributed by atoms with van der Waals surface area (Å²) < 4.78 is 24.6. The highest BCUT2D eigenvalue weighted by molar-refractivity contribution is 5.28. The third-order valence-corrected chi connectivity index (χ3v) is 3.02. The van der Waals surface area contributed by atoms with Gasteiger partial charge in [0.05, 0.1) is 13.2 Å². The molecular weight excluding hydrogens is 223 g/mol. The number of aryl methyl sites for hydroxylation is 1. The molecule has 1 aromatic carbocycles. The number of hydrogen-bond donors (Lipinski definition) is 1. The summed E-state index contributed by atoms with van der Waals surface area (Å²) in [5.74, 6) is -1.04. The van der Waals surface area contributed by atoms with Crippen molar-refractivity contribution in [1.82, 2.24) is 0 Å². The molecule has 0 aromatic heterocycles. The van der Waals surface area contributed by atoms with Crippen molar-refractivity contribution in [1.29, 1.82) is 0 Å². The number of hydrogen-bond acceptors (Lipinski definition) is 3. The normalized spacial score (nSPS) is 18.5. The summed E-state index contributed by atoms with van der Waals surface area (Å²) >= 11 is 0. The van der Waals surface area contributed by atoms with Crippen LogP contribution in [0.1, 0.15) is 24.0 Å². The van der Waals surface area contributed by atoms with Crippen LogP contribution in [-0.2, 0) is 15.3 Å². The molecule has 17 heavy (non-hydrogen) atoms. The molecule has 1 aliphatic heterocycles. The van der Waals surface area contributed by atoms with E-state index in [0.29, 0.717) is 31.6 Å². The van der Waals surface area contributed by atoms with Crippen LogP contribution in [0.25, 0.3) is 0 Å². The fourth-order valence-electron chi connectivity index (χ4n) is 2.10. The number of ether oxygens (including phenoxy) is 2. The molecule has 0 amide bonds. The van der Waals surface area contributed by atoms with E-state index in [-0.39, 0.29) is 12.4 Å². The van der Waals surface area contributed by atoms with Crippen molar-refractivity contribution in [3.8, 4) is 0 Å². The minimum Gasteiger partial charge on any atom is -0.396 e. The molecule has 1 fully saturated rings. The van der Waals surface area contributed by atoms with Crippen LogP contribution < -0.4 is 0 Å². The van der Waals surface area contributed by atoms with Crippen molar-refractivity contribution in [2.24, 2.45) is 0 Å². The zero-order valence-electron chi connectivity index (χ0n) is 9.91. The van der Waals surface area contributed by atoms with E-state index in [4.69, 9.17) is 14.6 Å². The molecule has 0 atom stereocenters. The Balaban J connectivity index is 2.28. The lowest BCUT2D eigenvalue weighted by Gasteiger charge is -2.28. The lowest BCUT2D eigenvalue weighted by atomic mass is 9.99. The van der Waals surface area contributed by atoms with E-state index in [1.54, 1.807) is 19.1 Å². The highest BCUT2D eigenvalue weighted by Gasteiger charge is 2.38. The average Bonchev–Trinajstić information content (AvgIpc) is 2.80. The van der Waals surface area contributed by atoms with Crippen LogP contribution >= 0.6 is 0 Å². The summed E-state index contributed by atoms with van der Waals surface area (Å²) in [5.41, 5.74) is 1.40. The molecule has 0 saturated carbocycles. The quantitative estimate of drug-likeness (QED) is 0.876. The first-order valence-electron chi connectivity index (χ1n) is 5.83. The van der Waals surface area contributed by atoms with Crippen molar-refractivity contribution in [2.45, 2.75) is 25.6 Å². The van der Waals surface area contributed by atoms with E-state index in [0.717, 1.165) is 5.56 Å². The van der Waals surface area contributed by atoms with Gasteiger partial charge >= 0.3 is 0 Å². The maximum Gasteiger partial charge on any atom is 0.195 e. The Labute approximate surface area is 100 Å². The molecule has 0 unspecified atom stereocenters. The molecule has 4 heteroatoms. The molecule has 0 aliphatic carbocycles. The summed E-state index contributed by atoms with van der Waals surface area (Å²) in [6.45, 7) is 2.87. The Kier molecular flexibility index (Phi) is 3.76. The third-order valence-electron chi connectivity index (χ3n) is 3.02. The van der Waals surface area contributed by atoms with Crippen LogP contribution in [-0.4, -0.2) is 24.9 Å². The monoisotopic (exact) mass is 240 g/mol. The van der Waals surface area contributed by atoms with Crippen LogP contribution in [0.2, 0.25) is 0 Å². The maximum absolute atomic E-state index is 13.2. The second-order valence-electron chi connectivity index (χ2n) is 4.24. The SMILES string of the molecule is Cc1cc(C2(CCCO)OCCO2)ccc1F. The molecule has 0 bridgehead atoms. The van der Waals surface area contributed by atoms with Crippen molar-refractivity contribution in [3.63, 3.8) is 0 Å². The number of aliphatic hydroxyl groups is 1. The molecule has 1 aromatic rings. The first-order chi connectivity index (χ1) is 8.18. The van der Waals surface area contributed by atoms with Gasteiger partial charge in [0.1, 0.15) is 5.82 Å². The van der Waals surface area contributed by atoms with Crippen LogP contribution in [0, 0.1) is 12.7 Å². The second-order valence-corrected chi connectivity index (χ2v) is 4.24. The molecule has 0 spiro atoms. The topological polar surface area (TPSA) is 38.7 Å². The number of benzene rings is 1. The second kappa shape index (κ2) is 5.12. The largest absolute Gasteiger partial charge is 0.396 e. The summed E-state index contributed by atoms with van der Waals surface area (Å²) in [6, 6.07) is 4.86. The number of halogens is 1. The van der Waals surface area contributed by atoms with E-state index >= 15 is 0 Å². The van der Waals surface area contributed by atoms with Crippen molar-refractivity contribution in [2.75, 3.05) is 19.8 Å². The van der Waals surface area contributed by atoms with Gasteiger partial charge < -0.3 is 14.6 Å². The van der Waals surface area contributed by atoms with E-state index in [1.807, 2.05) is 0 Å². The molecule has 1 N–H and O–H groups in total. The van der Waals surface area contributed by atoms with Gasteiger partial charge in [-0.2, -0.15) is 0 Å². The van der Waals surface area contributed by atoms with Gasteiger partial charge in [0.25, 0.3) is 0 Å². The molecule has 94 valence electrons. The molecule has 1 aliphatic rings. The molecule has 3 nitrogen and oxygen atoms in total. The Morgan fingerprint density at radius 2 is 2.06 bits per heavy atom. The zero-order chi connectivity index (χ0) is 12.3. The molecular formula is C13H17FO3. The Hall–Kier alpha value is -0.970. The maximum atomic E-state index is 13.2. The van der Waals surface area contributed by atoms with Crippen LogP contribution in [0.5, 0.6) is 0 Å². The van der Waals surface area contributed by atoms with Gasteiger partial charge in [0, 0.05) is 18.6 Å². The standard InChI is InChI=1S/C13H17FO3/c1-10-9-11(3-4-12(10)14)13(5-2-6-15)16-7-8-17-13/h3-4,9,15H,2,5-8H2,1H3. The van der Waals surface area contributed by atoms with E-state index in [2.05, 4.69) is 0 Å². The van der Waals surface area contributed by atoms with Gasteiger partial charge in [0.15, 0.2) is 5.79 Å². The van der Waals surface area contributed by atoms with Crippen molar-refractivity contribution in [3.05, 3.63) is 35.1 Å². The highest BCUT2D eigenvalue weighted by atomic mass is 19.1. The van der Waals surface area contributed by atoms with Gasteiger partial charge in [-0.1, -0.05) is 6.07 Å². The first kappa shape index (κ1) is 12.5. The molecule has 0 radical (unpaired) electrons. The van der Waals surface area contributed by atoms with Gasteiger partial charge in [0.2, 0.25) is 0 Å². The van der Waals surface area contributed by atoms with Crippen molar-refractivity contribution >= 4 is 0 Å². The van der Waals surface area contributed by atoms with Crippen LogP contribution in [0.15, 0.2) is 18.2 Å². The van der Waals surface area contributed by atoms with Gasteiger partial charge in [-0.3, -0.25) is 0 Å².